The van der Waals surface area contributed by atoms with E-state index in [1.165, 1.54) is 12.1 Å². The largest absolute Gasteiger partial charge is 0.399 e. The average Bonchev–Trinajstić information content (AvgIpc) is 2.65. The molecule has 90 valence electrons. The van der Waals surface area contributed by atoms with Crippen molar-refractivity contribution < 1.29 is 8.78 Å². The van der Waals surface area contributed by atoms with Crippen molar-refractivity contribution >= 4 is 5.69 Å². The van der Waals surface area contributed by atoms with Crippen molar-refractivity contribution in [3.63, 3.8) is 0 Å². The minimum absolute atomic E-state index is 0.111. The van der Waals surface area contributed by atoms with Gasteiger partial charge < -0.3 is 5.73 Å². The maximum absolute atomic E-state index is 13.5. The number of rotatable bonds is 3. The summed E-state index contributed by atoms with van der Waals surface area (Å²) in [7, 11) is 0. The van der Waals surface area contributed by atoms with Crippen molar-refractivity contribution in [2.45, 2.75) is 6.54 Å². The SMILES string of the molecule is Nc1ccc(F)c(-n2nnn(CCF)c2=O)c1. The summed E-state index contributed by atoms with van der Waals surface area (Å²) in [5, 5.41) is 6.88. The summed E-state index contributed by atoms with van der Waals surface area (Å²) in [5.74, 6) is -0.659. The Hall–Kier alpha value is -2.25. The van der Waals surface area contributed by atoms with Crippen LogP contribution in [0.15, 0.2) is 23.0 Å². The Balaban J connectivity index is 2.53. The van der Waals surface area contributed by atoms with Crippen molar-refractivity contribution in [3.8, 4) is 5.69 Å². The number of aromatic nitrogens is 4. The second kappa shape index (κ2) is 4.32. The molecular formula is C9H9F2N5O. The van der Waals surface area contributed by atoms with Gasteiger partial charge in [0.15, 0.2) is 0 Å². The van der Waals surface area contributed by atoms with Gasteiger partial charge in [0.2, 0.25) is 0 Å². The molecule has 2 N–H and O–H groups in total. The predicted molar refractivity (Wildman–Crippen MR) is 56.0 cm³/mol. The molecule has 1 heterocycles. The zero-order valence-corrected chi connectivity index (χ0v) is 8.68. The molecule has 0 saturated heterocycles. The van der Waals surface area contributed by atoms with Gasteiger partial charge in [-0.3, -0.25) is 0 Å². The van der Waals surface area contributed by atoms with Gasteiger partial charge in [-0.25, -0.2) is 13.6 Å². The Bertz CT molecular complexity index is 591. The summed E-state index contributed by atoms with van der Waals surface area (Å²) in [4.78, 5) is 11.6. The molecule has 2 rings (SSSR count). The lowest BCUT2D eigenvalue weighted by atomic mass is 10.3. The third-order valence-corrected chi connectivity index (χ3v) is 2.13. The fourth-order valence-corrected chi connectivity index (χ4v) is 1.34. The van der Waals surface area contributed by atoms with Crippen LogP contribution in [0.5, 0.6) is 0 Å². The van der Waals surface area contributed by atoms with E-state index in [2.05, 4.69) is 10.4 Å². The maximum atomic E-state index is 13.5. The highest BCUT2D eigenvalue weighted by atomic mass is 19.1. The van der Waals surface area contributed by atoms with Crippen molar-refractivity contribution in [1.82, 2.24) is 19.8 Å². The van der Waals surface area contributed by atoms with E-state index in [9.17, 15) is 13.6 Å². The van der Waals surface area contributed by atoms with E-state index >= 15 is 0 Å². The minimum atomic E-state index is -0.752. The van der Waals surface area contributed by atoms with Crippen LogP contribution < -0.4 is 11.4 Å². The maximum Gasteiger partial charge on any atom is 0.368 e. The summed E-state index contributed by atoms with van der Waals surface area (Å²) in [6.07, 6.45) is 0. The van der Waals surface area contributed by atoms with Gasteiger partial charge in [-0.2, -0.15) is 9.36 Å². The van der Waals surface area contributed by atoms with E-state index < -0.39 is 18.2 Å². The van der Waals surface area contributed by atoms with Gasteiger partial charge in [0, 0.05) is 5.69 Å². The molecule has 0 fully saturated rings. The monoisotopic (exact) mass is 241 g/mol. The normalized spacial score (nSPS) is 10.7. The third-order valence-electron chi connectivity index (χ3n) is 2.13. The van der Waals surface area contributed by atoms with Gasteiger partial charge in [-0.1, -0.05) is 0 Å². The fraction of sp³-hybridized carbons (Fsp3) is 0.222. The molecule has 0 amide bonds. The summed E-state index contributed by atoms with van der Waals surface area (Å²) >= 11 is 0. The first-order chi connectivity index (χ1) is 8.13. The number of nitrogens with two attached hydrogens (primary N) is 1. The van der Waals surface area contributed by atoms with Gasteiger partial charge in [0.1, 0.15) is 18.2 Å². The Labute approximate surface area is 94.2 Å². The predicted octanol–water partition coefficient (Wildman–Crippen LogP) is 0.120. The highest BCUT2D eigenvalue weighted by Gasteiger charge is 2.12. The number of hydrogen-bond donors (Lipinski definition) is 1. The first-order valence-electron chi connectivity index (χ1n) is 4.77. The molecule has 0 atom stereocenters. The van der Waals surface area contributed by atoms with Crippen LogP contribution in [0.2, 0.25) is 0 Å². The Morgan fingerprint density at radius 2 is 2.12 bits per heavy atom. The summed E-state index contributed by atoms with van der Waals surface area (Å²) in [6.45, 7) is -0.971. The quantitative estimate of drug-likeness (QED) is 0.774. The topological polar surface area (TPSA) is 78.7 Å². The van der Waals surface area contributed by atoms with E-state index in [0.717, 1.165) is 15.4 Å². The number of nitrogen functional groups attached to an aromatic ring is 1. The lowest BCUT2D eigenvalue weighted by Gasteiger charge is -2.01. The van der Waals surface area contributed by atoms with Crippen molar-refractivity contribution in [3.05, 3.63) is 34.5 Å². The van der Waals surface area contributed by atoms with Crippen molar-refractivity contribution in [2.24, 2.45) is 0 Å². The molecule has 0 bridgehead atoms. The lowest BCUT2D eigenvalue weighted by molar-refractivity contribution is 0.416. The first kappa shape index (κ1) is 11.2. The van der Waals surface area contributed by atoms with Crippen LogP contribution in [0.1, 0.15) is 0 Å². The number of nitrogens with zero attached hydrogens (tertiary/aromatic N) is 4. The number of alkyl halides is 1. The van der Waals surface area contributed by atoms with E-state index in [1.54, 1.807) is 0 Å². The molecule has 1 aromatic heterocycles. The highest BCUT2D eigenvalue weighted by molar-refractivity contribution is 5.47. The van der Waals surface area contributed by atoms with Crippen LogP contribution in [0.25, 0.3) is 5.69 Å². The van der Waals surface area contributed by atoms with Crippen LogP contribution in [0, 0.1) is 5.82 Å². The van der Waals surface area contributed by atoms with Crippen LogP contribution in [0.3, 0.4) is 0 Å². The fourth-order valence-electron chi connectivity index (χ4n) is 1.34. The average molecular weight is 241 g/mol. The van der Waals surface area contributed by atoms with Gasteiger partial charge in [-0.05, 0) is 28.6 Å². The number of tetrazole rings is 1. The number of aryl methyl sites for hydroxylation is 1. The second-order valence-corrected chi connectivity index (χ2v) is 3.30. The number of halogens is 2. The molecule has 17 heavy (non-hydrogen) atoms. The molecule has 0 unspecified atom stereocenters. The first-order valence-corrected chi connectivity index (χ1v) is 4.77. The molecule has 1 aromatic carbocycles. The zero-order chi connectivity index (χ0) is 12.4. The zero-order valence-electron chi connectivity index (χ0n) is 8.68. The van der Waals surface area contributed by atoms with E-state index in [-0.39, 0.29) is 17.9 Å². The summed E-state index contributed by atoms with van der Waals surface area (Å²) in [5.41, 5.74) is 4.94. The van der Waals surface area contributed by atoms with E-state index in [1.807, 2.05) is 0 Å². The highest BCUT2D eigenvalue weighted by Crippen LogP contribution is 2.13. The lowest BCUT2D eigenvalue weighted by Crippen LogP contribution is -2.25. The van der Waals surface area contributed by atoms with Gasteiger partial charge in [0.25, 0.3) is 0 Å². The van der Waals surface area contributed by atoms with Crippen LogP contribution in [0.4, 0.5) is 14.5 Å². The van der Waals surface area contributed by atoms with Gasteiger partial charge >= 0.3 is 5.69 Å². The van der Waals surface area contributed by atoms with Crippen molar-refractivity contribution in [1.29, 1.82) is 0 Å². The van der Waals surface area contributed by atoms with Gasteiger partial charge in [-0.15, -0.1) is 0 Å². The van der Waals surface area contributed by atoms with Crippen LogP contribution in [-0.4, -0.2) is 26.5 Å². The molecule has 8 heteroatoms. The molecule has 6 nitrogen and oxygen atoms in total. The number of benzene rings is 1. The number of hydrogen-bond acceptors (Lipinski definition) is 4. The van der Waals surface area contributed by atoms with E-state index in [4.69, 9.17) is 5.73 Å². The Morgan fingerprint density at radius 3 is 2.82 bits per heavy atom. The smallest absolute Gasteiger partial charge is 0.368 e. The standard InChI is InChI=1S/C9H9F2N5O/c10-3-4-15-9(17)16(14-13-15)8-5-6(12)1-2-7(8)11/h1-2,5H,3-4,12H2. The van der Waals surface area contributed by atoms with Gasteiger partial charge in [0.05, 0.1) is 6.54 Å². The molecule has 0 saturated carbocycles. The summed E-state index contributed by atoms with van der Waals surface area (Å²) in [6, 6.07) is 3.73. The number of anilines is 1. The second-order valence-electron chi connectivity index (χ2n) is 3.30. The van der Waals surface area contributed by atoms with Crippen LogP contribution in [-0.2, 0) is 6.54 Å². The van der Waals surface area contributed by atoms with Crippen molar-refractivity contribution in [2.75, 3.05) is 12.4 Å². The minimum Gasteiger partial charge on any atom is -0.399 e. The van der Waals surface area contributed by atoms with Crippen LogP contribution >= 0.6 is 0 Å². The molecular weight excluding hydrogens is 232 g/mol. The molecule has 2 aromatic rings. The molecule has 0 radical (unpaired) electrons. The Kier molecular flexibility index (Phi) is 2.86. The molecule has 0 aliphatic heterocycles. The molecule has 0 spiro atoms. The molecule has 0 aliphatic rings. The summed E-state index contributed by atoms with van der Waals surface area (Å²) < 4.78 is 27.1. The third kappa shape index (κ3) is 2.01. The molecule has 0 aliphatic carbocycles. The Morgan fingerprint density at radius 1 is 1.35 bits per heavy atom. The van der Waals surface area contributed by atoms with E-state index in [0.29, 0.717) is 0 Å².